The summed E-state index contributed by atoms with van der Waals surface area (Å²) in [6, 6.07) is 42.8. The molecule has 40 heavy (non-hydrogen) atoms. The molecule has 0 heterocycles. The van der Waals surface area contributed by atoms with E-state index in [2.05, 4.69) is 130 Å². The van der Waals surface area contributed by atoms with Crippen LogP contribution in [0, 0.1) is 4.91 Å². The predicted octanol–water partition coefficient (Wildman–Crippen LogP) is 9.91. The van der Waals surface area contributed by atoms with Gasteiger partial charge in [-0.1, -0.05) is 84.9 Å². The summed E-state index contributed by atoms with van der Waals surface area (Å²) in [7, 11) is 2.05. The molecule has 1 aliphatic carbocycles. The van der Waals surface area contributed by atoms with Crippen LogP contribution in [0.15, 0.2) is 162 Å². The third-order valence-electron chi connectivity index (χ3n) is 7.33. The van der Waals surface area contributed by atoms with E-state index < -0.39 is 0 Å². The van der Waals surface area contributed by atoms with Gasteiger partial charge in [-0.3, -0.25) is 0 Å². The Morgan fingerprint density at radius 2 is 1.25 bits per heavy atom. The molecule has 0 saturated carbocycles. The van der Waals surface area contributed by atoms with Crippen molar-refractivity contribution >= 4 is 33.5 Å². The molecule has 0 aromatic heterocycles. The summed E-state index contributed by atoms with van der Waals surface area (Å²) >= 11 is 0. The topological polar surface area (TPSA) is 35.9 Å². The zero-order chi connectivity index (χ0) is 27.3. The molecule has 0 unspecified atom stereocenters. The quantitative estimate of drug-likeness (QED) is 0.201. The Bertz CT molecular complexity index is 1730. The van der Waals surface area contributed by atoms with Crippen LogP contribution in [0.1, 0.15) is 6.42 Å². The van der Waals surface area contributed by atoms with Gasteiger partial charge in [0.2, 0.25) is 0 Å². The minimum Gasteiger partial charge on any atom is -0.348 e. The molecule has 0 spiro atoms. The monoisotopic (exact) mass is 519 g/mol. The third-order valence-corrected chi connectivity index (χ3v) is 7.33. The Labute approximate surface area is 234 Å². The molecule has 5 aromatic carbocycles. The smallest absolute Gasteiger partial charge is 0.107 e. The van der Waals surface area contributed by atoms with Gasteiger partial charge in [0.15, 0.2) is 0 Å². The SMILES string of the molecule is CN(C1=CC=C(N=O)C=CC1)c1ccc(N(c2ccc(-c3ccccc3)cc2)c2cccc3ccccc23)cc1. The van der Waals surface area contributed by atoms with Crippen LogP contribution in [0.3, 0.4) is 0 Å². The van der Waals surface area contributed by atoms with Crippen LogP contribution < -0.4 is 9.80 Å². The number of anilines is 4. The van der Waals surface area contributed by atoms with E-state index in [4.69, 9.17) is 0 Å². The summed E-state index contributed by atoms with van der Waals surface area (Å²) in [4.78, 5) is 15.4. The Hall–Kier alpha value is -5.22. The summed E-state index contributed by atoms with van der Waals surface area (Å²) in [6.45, 7) is 0. The number of fused-ring (bicyclic) bond motifs is 1. The number of allylic oxidation sites excluding steroid dienone is 4. The van der Waals surface area contributed by atoms with Crippen molar-refractivity contribution < 1.29 is 0 Å². The van der Waals surface area contributed by atoms with Gasteiger partial charge in [-0.25, -0.2) is 0 Å². The van der Waals surface area contributed by atoms with E-state index in [-0.39, 0.29) is 0 Å². The van der Waals surface area contributed by atoms with E-state index in [1.165, 1.54) is 21.9 Å². The molecule has 0 atom stereocenters. The number of rotatable bonds is 7. The minimum absolute atomic E-state index is 0.433. The average Bonchev–Trinajstić information content (AvgIpc) is 3.28. The van der Waals surface area contributed by atoms with E-state index in [1.807, 2.05) is 25.3 Å². The fourth-order valence-electron chi connectivity index (χ4n) is 5.17. The Balaban J connectivity index is 1.39. The standard InChI is InChI=1S/C36H29N3O/c1-38(31-14-8-13-30(37-40)19-22-31)32-23-25-34(26-24-32)39(36-16-7-12-29-11-5-6-15-35(29)36)33-20-17-28(18-21-33)27-9-3-2-4-10-27/h2-13,15-26H,14H2,1H3. The van der Waals surface area contributed by atoms with Crippen molar-refractivity contribution in [3.05, 3.63) is 162 Å². The van der Waals surface area contributed by atoms with Crippen molar-refractivity contribution in [2.75, 3.05) is 16.8 Å². The van der Waals surface area contributed by atoms with Crippen LogP contribution >= 0.6 is 0 Å². The average molecular weight is 520 g/mol. The summed E-state index contributed by atoms with van der Waals surface area (Å²) < 4.78 is 0. The molecule has 0 amide bonds. The highest BCUT2D eigenvalue weighted by Gasteiger charge is 2.16. The molecule has 0 N–H and O–H groups in total. The third kappa shape index (κ3) is 5.07. The lowest BCUT2D eigenvalue weighted by atomic mass is 10.0. The largest absolute Gasteiger partial charge is 0.348 e. The molecule has 0 bridgehead atoms. The van der Waals surface area contributed by atoms with Crippen molar-refractivity contribution in [1.29, 1.82) is 0 Å². The summed E-state index contributed by atoms with van der Waals surface area (Å²) in [6.07, 6.45) is 8.18. The van der Waals surface area contributed by atoms with Gasteiger partial charge in [-0.15, -0.1) is 4.91 Å². The van der Waals surface area contributed by atoms with Gasteiger partial charge >= 0.3 is 0 Å². The van der Waals surface area contributed by atoms with E-state index in [0.717, 1.165) is 34.9 Å². The highest BCUT2D eigenvalue weighted by atomic mass is 16.3. The van der Waals surface area contributed by atoms with Crippen molar-refractivity contribution in [3.8, 4) is 11.1 Å². The molecule has 0 aliphatic heterocycles. The Morgan fingerprint density at radius 1 is 0.625 bits per heavy atom. The lowest BCUT2D eigenvalue weighted by molar-refractivity contribution is 1.03. The summed E-state index contributed by atoms with van der Waals surface area (Å²) in [5, 5.41) is 5.46. The fraction of sp³-hybridized carbons (Fsp3) is 0.0556. The zero-order valence-electron chi connectivity index (χ0n) is 22.3. The first-order valence-electron chi connectivity index (χ1n) is 13.4. The maximum Gasteiger partial charge on any atom is 0.107 e. The maximum atomic E-state index is 10.9. The van der Waals surface area contributed by atoms with Crippen LogP contribution in [0.4, 0.5) is 22.7 Å². The van der Waals surface area contributed by atoms with Gasteiger partial charge in [0, 0.05) is 41.6 Å². The second-order valence-electron chi connectivity index (χ2n) is 9.77. The lowest BCUT2D eigenvalue weighted by Gasteiger charge is -2.28. The first kappa shape index (κ1) is 25.1. The van der Waals surface area contributed by atoms with Crippen LogP contribution in [-0.2, 0) is 0 Å². The maximum absolute atomic E-state index is 10.9. The van der Waals surface area contributed by atoms with E-state index in [1.54, 1.807) is 12.2 Å². The zero-order valence-corrected chi connectivity index (χ0v) is 22.3. The van der Waals surface area contributed by atoms with Crippen molar-refractivity contribution in [3.63, 3.8) is 0 Å². The Morgan fingerprint density at radius 3 is 2.00 bits per heavy atom. The second kappa shape index (κ2) is 11.3. The summed E-state index contributed by atoms with van der Waals surface area (Å²) in [5.41, 5.74) is 8.26. The van der Waals surface area contributed by atoms with E-state index >= 15 is 0 Å². The first-order chi connectivity index (χ1) is 19.7. The van der Waals surface area contributed by atoms with Gasteiger partial charge in [0.1, 0.15) is 5.70 Å². The minimum atomic E-state index is 0.433. The van der Waals surface area contributed by atoms with Crippen LogP contribution in [0.2, 0.25) is 0 Å². The Kier molecular flexibility index (Phi) is 7.06. The number of hydrogen-bond acceptors (Lipinski definition) is 4. The number of nitrogens with zero attached hydrogens (tertiary/aromatic N) is 3. The molecule has 0 fully saturated rings. The molecule has 5 aromatic rings. The van der Waals surface area contributed by atoms with Crippen LogP contribution in [0.5, 0.6) is 0 Å². The van der Waals surface area contributed by atoms with Crippen molar-refractivity contribution in [1.82, 2.24) is 0 Å². The highest BCUT2D eigenvalue weighted by Crippen LogP contribution is 2.40. The van der Waals surface area contributed by atoms with Gasteiger partial charge in [0.05, 0.1) is 5.69 Å². The molecular weight excluding hydrogens is 490 g/mol. The van der Waals surface area contributed by atoms with E-state index in [9.17, 15) is 4.91 Å². The van der Waals surface area contributed by atoms with Crippen molar-refractivity contribution in [2.45, 2.75) is 6.42 Å². The van der Waals surface area contributed by atoms with Gasteiger partial charge < -0.3 is 9.80 Å². The number of benzene rings is 5. The predicted molar refractivity (Wildman–Crippen MR) is 168 cm³/mol. The van der Waals surface area contributed by atoms with Crippen molar-refractivity contribution in [2.24, 2.45) is 5.18 Å². The fourth-order valence-corrected chi connectivity index (χ4v) is 5.17. The van der Waals surface area contributed by atoms with Crippen LogP contribution in [-0.4, -0.2) is 7.05 Å². The molecular formula is C36H29N3O. The first-order valence-corrected chi connectivity index (χ1v) is 13.4. The molecule has 4 heteroatoms. The van der Waals surface area contributed by atoms with Gasteiger partial charge in [-0.2, -0.15) is 0 Å². The highest BCUT2D eigenvalue weighted by molar-refractivity contribution is 5.99. The van der Waals surface area contributed by atoms with Crippen LogP contribution in [0.25, 0.3) is 21.9 Å². The molecule has 194 valence electrons. The lowest BCUT2D eigenvalue weighted by Crippen LogP contribution is -2.16. The number of nitroso groups, excluding NO2 is 1. The second-order valence-corrected chi connectivity index (χ2v) is 9.77. The van der Waals surface area contributed by atoms with Gasteiger partial charge in [-0.05, 0) is 82.4 Å². The molecule has 1 aliphatic rings. The van der Waals surface area contributed by atoms with E-state index in [0.29, 0.717) is 5.70 Å². The summed E-state index contributed by atoms with van der Waals surface area (Å²) in [5.74, 6) is 0. The number of hydrogen-bond donors (Lipinski definition) is 0. The molecule has 0 radical (unpaired) electrons. The molecule has 4 nitrogen and oxygen atoms in total. The molecule has 6 rings (SSSR count). The normalized spacial score (nSPS) is 12.8. The van der Waals surface area contributed by atoms with Gasteiger partial charge in [0.25, 0.3) is 0 Å². The molecule has 0 saturated heterocycles.